The molecule has 0 saturated carbocycles. The Balaban J connectivity index is 4.00. The van der Waals surface area contributed by atoms with Crippen molar-refractivity contribution >= 4 is 17.9 Å². The molecule has 0 aromatic carbocycles. The summed E-state index contributed by atoms with van der Waals surface area (Å²) >= 11 is 0. The second kappa shape index (κ2) is 78.9. The first kappa shape index (κ1) is 94.2. The fourth-order valence-corrected chi connectivity index (χ4v) is 12.3. The van der Waals surface area contributed by atoms with Crippen LogP contribution in [0.4, 0.5) is 0 Å². The number of rotatable bonds is 78. The van der Waals surface area contributed by atoms with Crippen LogP contribution in [0.15, 0.2) is 97.2 Å². The standard InChI is InChI=1S/C89H159NO8/c1-6-8-10-12-14-16-18-20-22-24-26-28-30-32-34-36-38-40-42-44-46-48-50-52-54-56-58-60-62-64-66-68-70-72-74-76-78-80-87(92)98-85(84-97-89(88(93)94)95-82-81-90(3,4)5)83-96-86(91)79-77-75-73-71-69-67-65-63-61-59-57-55-53-51-49-47-45-43-41-39-37-35-33-31-29-27-25-23-21-19-17-15-13-11-9-7-2/h8,10,14,16,20,22,26,28,32,34,38,40,44,46,50,52,85,89H,6-7,9,11-13,15,17-19,21,23-25,27,29-31,33,35-37,39,41-43,45,47-49,51,53-84H2,1-5H3/p+1/b10-8-,16-14-,22-20-,28-26-,34-32-,40-38-,46-44-,52-50-. The molecule has 0 radical (unpaired) electrons. The van der Waals surface area contributed by atoms with Crippen LogP contribution in [0.2, 0.25) is 0 Å². The summed E-state index contributed by atoms with van der Waals surface area (Å²) in [5.74, 6) is -1.99. The van der Waals surface area contributed by atoms with E-state index >= 15 is 0 Å². The maximum atomic E-state index is 13.0. The summed E-state index contributed by atoms with van der Waals surface area (Å²) in [7, 11) is 5.99. The SMILES string of the molecule is CC/C=C\C/C=C\C/C=C\C/C=C\C/C=C\C/C=C\C/C=C\C/C=C\CCCCCCCCCCCCCCC(=O)OC(COC(=O)CCCCCCCCCCCCCCCCCCCCCCCCCCCCCCCCCCCCCC)COC(OCC[N+](C)(C)C)C(=O)O. The van der Waals surface area contributed by atoms with Crippen molar-refractivity contribution in [2.75, 3.05) is 47.5 Å². The highest BCUT2D eigenvalue weighted by molar-refractivity contribution is 5.71. The number of ether oxygens (including phenoxy) is 4. The van der Waals surface area contributed by atoms with Gasteiger partial charge in [-0.15, -0.1) is 0 Å². The monoisotopic (exact) mass is 1370 g/mol. The summed E-state index contributed by atoms with van der Waals surface area (Å²) in [6, 6.07) is 0. The number of nitrogens with zero attached hydrogens (tertiary/aromatic N) is 1. The predicted molar refractivity (Wildman–Crippen MR) is 424 cm³/mol. The van der Waals surface area contributed by atoms with E-state index in [1.54, 1.807) is 0 Å². The van der Waals surface area contributed by atoms with Crippen LogP contribution in [0.1, 0.15) is 393 Å². The molecule has 0 spiro atoms. The zero-order valence-electron chi connectivity index (χ0n) is 65.2. The Labute approximate surface area is 607 Å². The van der Waals surface area contributed by atoms with Crippen LogP contribution in [0.5, 0.6) is 0 Å². The fourth-order valence-electron chi connectivity index (χ4n) is 12.3. The molecule has 0 heterocycles. The molecule has 0 aliphatic heterocycles. The molecule has 9 heteroatoms. The number of carboxylic acid groups (broad SMARTS) is 1. The average molecular weight is 1370 g/mol. The molecular weight excluding hydrogens is 1210 g/mol. The van der Waals surface area contributed by atoms with Crippen molar-refractivity contribution in [3.63, 3.8) is 0 Å². The second-order valence-corrected chi connectivity index (χ2v) is 29.4. The van der Waals surface area contributed by atoms with Crippen LogP contribution < -0.4 is 0 Å². The van der Waals surface area contributed by atoms with E-state index in [0.717, 1.165) is 96.3 Å². The van der Waals surface area contributed by atoms with Gasteiger partial charge in [-0.25, -0.2) is 4.79 Å². The summed E-state index contributed by atoms with van der Waals surface area (Å²) in [6.07, 6.45) is 107. The quantitative estimate of drug-likeness (QED) is 0.0211. The molecule has 0 bridgehead atoms. The van der Waals surface area contributed by atoms with Gasteiger partial charge in [0.25, 0.3) is 6.29 Å². The third-order valence-corrected chi connectivity index (χ3v) is 18.6. The van der Waals surface area contributed by atoms with Gasteiger partial charge in [0, 0.05) is 12.8 Å². The lowest BCUT2D eigenvalue weighted by Crippen LogP contribution is -2.40. The van der Waals surface area contributed by atoms with Gasteiger partial charge in [0.05, 0.1) is 34.4 Å². The van der Waals surface area contributed by atoms with Crippen LogP contribution in [-0.2, 0) is 33.3 Å². The third kappa shape index (κ3) is 79.5. The maximum Gasteiger partial charge on any atom is 0.361 e. The number of hydrogen-bond acceptors (Lipinski definition) is 7. The summed E-state index contributed by atoms with van der Waals surface area (Å²) in [5.41, 5.74) is 0. The number of allylic oxidation sites excluding steroid dienone is 16. The van der Waals surface area contributed by atoms with Gasteiger partial charge in [-0.2, -0.15) is 0 Å². The number of carbonyl (C=O) groups is 3. The highest BCUT2D eigenvalue weighted by atomic mass is 16.7. The minimum Gasteiger partial charge on any atom is -0.477 e. The molecule has 0 fully saturated rings. The summed E-state index contributed by atoms with van der Waals surface area (Å²) < 4.78 is 23.1. The van der Waals surface area contributed by atoms with E-state index in [4.69, 9.17) is 18.9 Å². The van der Waals surface area contributed by atoms with E-state index in [2.05, 4.69) is 111 Å². The Morgan fingerprint density at radius 3 is 0.867 bits per heavy atom. The summed E-state index contributed by atoms with van der Waals surface area (Å²) in [5, 5.41) is 9.78. The van der Waals surface area contributed by atoms with Crippen molar-refractivity contribution in [2.45, 2.75) is 405 Å². The smallest absolute Gasteiger partial charge is 0.361 e. The fraction of sp³-hybridized carbons (Fsp3) is 0.787. The number of aliphatic carboxylic acids is 1. The molecule has 0 aromatic rings. The van der Waals surface area contributed by atoms with E-state index < -0.39 is 24.3 Å². The molecule has 0 aliphatic rings. The zero-order chi connectivity index (χ0) is 71.1. The van der Waals surface area contributed by atoms with Crippen LogP contribution in [0, 0.1) is 0 Å². The number of carboxylic acids is 1. The number of unbranched alkanes of at least 4 members (excludes halogenated alkanes) is 47. The molecule has 0 rings (SSSR count). The second-order valence-electron chi connectivity index (χ2n) is 29.4. The van der Waals surface area contributed by atoms with E-state index in [-0.39, 0.29) is 32.2 Å². The Morgan fingerprint density at radius 2 is 0.582 bits per heavy atom. The maximum absolute atomic E-state index is 13.0. The minimum atomic E-state index is -1.51. The molecule has 9 nitrogen and oxygen atoms in total. The van der Waals surface area contributed by atoms with Crippen molar-refractivity contribution in [3.05, 3.63) is 97.2 Å². The highest BCUT2D eigenvalue weighted by Crippen LogP contribution is 2.20. The molecule has 2 unspecified atom stereocenters. The molecule has 568 valence electrons. The van der Waals surface area contributed by atoms with Gasteiger partial charge in [-0.05, 0) is 77.0 Å². The Kier molecular flexibility index (Phi) is 75.9. The van der Waals surface area contributed by atoms with E-state index in [9.17, 15) is 19.5 Å². The van der Waals surface area contributed by atoms with Crippen molar-refractivity contribution in [2.24, 2.45) is 0 Å². The third-order valence-electron chi connectivity index (χ3n) is 18.6. The van der Waals surface area contributed by atoms with Crippen molar-refractivity contribution < 1.29 is 42.9 Å². The van der Waals surface area contributed by atoms with Gasteiger partial charge in [-0.3, -0.25) is 9.59 Å². The van der Waals surface area contributed by atoms with Gasteiger partial charge in [0.15, 0.2) is 6.10 Å². The predicted octanol–water partition coefficient (Wildman–Crippen LogP) is 27.1. The number of quaternary nitrogens is 1. The Bertz CT molecular complexity index is 1940. The zero-order valence-corrected chi connectivity index (χ0v) is 65.2. The molecule has 0 aliphatic carbocycles. The van der Waals surface area contributed by atoms with Gasteiger partial charge in [0.2, 0.25) is 0 Å². The summed E-state index contributed by atoms with van der Waals surface area (Å²) in [6.45, 7) is 4.82. The molecule has 2 atom stereocenters. The first-order valence-corrected chi connectivity index (χ1v) is 41.9. The minimum absolute atomic E-state index is 0.182. The van der Waals surface area contributed by atoms with E-state index in [1.165, 1.54) is 270 Å². The lowest BCUT2D eigenvalue weighted by molar-refractivity contribution is -0.870. The summed E-state index contributed by atoms with van der Waals surface area (Å²) in [4.78, 5) is 37.8. The molecule has 1 N–H and O–H groups in total. The first-order chi connectivity index (χ1) is 48.1. The lowest BCUT2D eigenvalue weighted by Gasteiger charge is -2.25. The van der Waals surface area contributed by atoms with Crippen LogP contribution in [-0.4, -0.2) is 87.4 Å². The van der Waals surface area contributed by atoms with Gasteiger partial charge >= 0.3 is 17.9 Å². The molecule has 98 heavy (non-hydrogen) atoms. The van der Waals surface area contributed by atoms with Crippen molar-refractivity contribution in [1.29, 1.82) is 0 Å². The van der Waals surface area contributed by atoms with Crippen molar-refractivity contribution in [3.8, 4) is 0 Å². The molecular formula is C89H160NO8+. The normalized spacial score (nSPS) is 13.1. The van der Waals surface area contributed by atoms with Crippen LogP contribution in [0.3, 0.4) is 0 Å². The Hall–Kier alpha value is -3.79. The van der Waals surface area contributed by atoms with Gasteiger partial charge in [0.1, 0.15) is 13.2 Å². The first-order valence-electron chi connectivity index (χ1n) is 41.9. The number of carbonyl (C=O) groups excluding carboxylic acids is 2. The van der Waals surface area contributed by atoms with Crippen LogP contribution in [0.25, 0.3) is 0 Å². The Morgan fingerprint density at radius 1 is 0.316 bits per heavy atom. The van der Waals surface area contributed by atoms with Crippen LogP contribution >= 0.6 is 0 Å². The number of hydrogen-bond donors (Lipinski definition) is 1. The van der Waals surface area contributed by atoms with Gasteiger partial charge < -0.3 is 28.5 Å². The van der Waals surface area contributed by atoms with Crippen molar-refractivity contribution in [1.82, 2.24) is 0 Å². The van der Waals surface area contributed by atoms with E-state index in [0.29, 0.717) is 17.4 Å². The molecule has 0 aromatic heterocycles. The molecule has 0 amide bonds. The topological polar surface area (TPSA) is 108 Å². The van der Waals surface area contributed by atoms with Gasteiger partial charge in [-0.1, -0.05) is 400 Å². The number of likely N-dealkylation sites (N-methyl/N-ethyl adjacent to an activating group) is 1. The number of esters is 2. The largest absolute Gasteiger partial charge is 0.477 e. The lowest BCUT2D eigenvalue weighted by atomic mass is 10.0. The highest BCUT2D eigenvalue weighted by Gasteiger charge is 2.25. The average Bonchev–Trinajstić information content (AvgIpc) is 1.26. The molecule has 0 saturated heterocycles. The van der Waals surface area contributed by atoms with E-state index in [1.807, 2.05) is 21.1 Å².